The molecule has 0 fully saturated rings. The lowest BCUT2D eigenvalue weighted by molar-refractivity contribution is 0.0776. The molecule has 0 unspecified atom stereocenters. The Labute approximate surface area is 119 Å². The van der Waals surface area contributed by atoms with Crippen LogP contribution in [0.2, 0.25) is 0 Å². The predicted molar refractivity (Wildman–Crippen MR) is 73.1 cm³/mol. The average molecular weight is 326 g/mol. The number of imidazole rings is 1. The van der Waals surface area contributed by atoms with Gasteiger partial charge in [-0.1, -0.05) is 15.9 Å². The first kappa shape index (κ1) is 13.7. The van der Waals surface area contributed by atoms with Crippen LogP contribution in [0, 0.1) is 5.82 Å². The molecule has 1 amide bonds. The summed E-state index contributed by atoms with van der Waals surface area (Å²) in [6.07, 6.45) is 3.46. The van der Waals surface area contributed by atoms with Gasteiger partial charge in [0.2, 0.25) is 0 Å². The minimum Gasteiger partial charge on any atom is -0.337 e. The maximum absolute atomic E-state index is 13.7. The molecule has 19 heavy (non-hydrogen) atoms. The number of halogens is 2. The molecule has 0 spiro atoms. The highest BCUT2D eigenvalue weighted by atomic mass is 79.9. The zero-order chi connectivity index (χ0) is 14.0. The van der Waals surface area contributed by atoms with Gasteiger partial charge >= 0.3 is 0 Å². The van der Waals surface area contributed by atoms with Gasteiger partial charge in [-0.2, -0.15) is 0 Å². The van der Waals surface area contributed by atoms with Crippen LogP contribution in [-0.4, -0.2) is 27.4 Å². The summed E-state index contributed by atoms with van der Waals surface area (Å²) in [5.41, 5.74) is 0.0555. The van der Waals surface area contributed by atoms with Gasteiger partial charge in [-0.15, -0.1) is 0 Å². The van der Waals surface area contributed by atoms with Crippen molar-refractivity contribution in [1.29, 1.82) is 0 Å². The molecule has 6 heteroatoms. The highest BCUT2D eigenvalue weighted by molar-refractivity contribution is 9.10. The Hall–Kier alpha value is -1.69. The summed E-state index contributed by atoms with van der Waals surface area (Å²) in [7, 11) is 3.47. The van der Waals surface area contributed by atoms with E-state index in [1.165, 1.54) is 17.0 Å². The van der Waals surface area contributed by atoms with Crippen molar-refractivity contribution in [2.75, 3.05) is 7.05 Å². The van der Waals surface area contributed by atoms with E-state index in [2.05, 4.69) is 20.9 Å². The average Bonchev–Trinajstić information content (AvgIpc) is 2.74. The van der Waals surface area contributed by atoms with Crippen molar-refractivity contribution in [3.63, 3.8) is 0 Å². The van der Waals surface area contributed by atoms with E-state index in [0.29, 0.717) is 11.0 Å². The minimum atomic E-state index is -0.536. The van der Waals surface area contributed by atoms with Crippen LogP contribution >= 0.6 is 15.9 Å². The van der Waals surface area contributed by atoms with Crippen LogP contribution in [-0.2, 0) is 13.6 Å². The number of amides is 1. The van der Waals surface area contributed by atoms with E-state index in [9.17, 15) is 9.18 Å². The van der Waals surface area contributed by atoms with Crippen LogP contribution in [0.15, 0.2) is 35.1 Å². The first-order valence-electron chi connectivity index (χ1n) is 5.65. The number of hydrogen-bond donors (Lipinski definition) is 0. The zero-order valence-electron chi connectivity index (χ0n) is 10.6. The number of aryl methyl sites for hydroxylation is 1. The van der Waals surface area contributed by atoms with Gasteiger partial charge in [-0.3, -0.25) is 4.79 Å². The maximum Gasteiger partial charge on any atom is 0.256 e. The van der Waals surface area contributed by atoms with E-state index in [0.717, 1.165) is 5.82 Å². The number of carbonyl (C=O) groups is 1. The third-order valence-corrected chi connectivity index (χ3v) is 3.30. The Morgan fingerprint density at radius 1 is 1.53 bits per heavy atom. The molecule has 0 aliphatic heterocycles. The number of rotatable bonds is 3. The molecule has 1 aromatic carbocycles. The maximum atomic E-state index is 13.7. The van der Waals surface area contributed by atoms with Crippen LogP contribution in [0.3, 0.4) is 0 Å². The topological polar surface area (TPSA) is 38.1 Å². The predicted octanol–water partition coefficient (Wildman–Crippen LogP) is 2.59. The van der Waals surface area contributed by atoms with E-state index < -0.39 is 5.82 Å². The molecular formula is C13H13BrFN3O. The zero-order valence-corrected chi connectivity index (χ0v) is 12.2. The second-order valence-electron chi connectivity index (χ2n) is 4.24. The Morgan fingerprint density at radius 2 is 2.26 bits per heavy atom. The molecule has 4 nitrogen and oxygen atoms in total. The van der Waals surface area contributed by atoms with Crippen molar-refractivity contribution in [2.24, 2.45) is 7.05 Å². The number of carbonyl (C=O) groups excluding carboxylic acids is 1. The van der Waals surface area contributed by atoms with Crippen molar-refractivity contribution in [3.05, 3.63) is 52.3 Å². The van der Waals surface area contributed by atoms with E-state index in [-0.39, 0.29) is 11.5 Å². The second kappa shape index (κ2) is 5.52. The fourth-order valence-electron chi connectivity index (χ4n) is 1.70. The van der Waals surface area contributed by atoms with Gasteiger partial charge in [-0.05, 0) is 18.2 Å². The minimum absolute atomic E-state index is 0.0555. The van der Waals surface area contributed by atoms with Crippen molar-refractivity contribution < 1.29 is 9.18 Å². The summed E-state index contributed by atoms with van der Waals surface area (Å²) in [6.45, 7) is 0.331. The SMILES string of the molecule is CN(Cc1nccn1C)C(=O)c1ccc(Br)cc1F. The lowest BCUT2D eigenvalue weighted by Crippen LogP contribution is -2.28. The Kier molecular flexibility index (Phi) is 3.99. The van der Waals surface area contributed by atoms with E-state index >= 15 is 0 Å². The van der Waals surface area contributed by atoms with Crippen molar-refractivity contribution >= 4 is 21.8 Å². The van der Waals surface area contributed by atoms with Gasteiger partial charge in [0.15, 0.2) is 0 Å². The van der Waals surface area contributed by atoms with Crippen molar-refractivity contribution in [1.82, 2.24) is 14.5 Å². The van der Waals surface area contributed by atoms with Gasteiger partial charge in [0, 0.05) is 31.0 Å². The molecule has 0 saturated heterocycles. The van der Waals surface area contributed by atoms with Gasteiger partial charge in [0.1, 0.15) is 11.6 Å². The summed E-state index contributed by atoms with van der Waals surface area (Å²) >= 11 is 3.16. The van der Waals surface area contributed by atoms with Crippen molar-refractivity contribution in [2.45, 2.75) is 6.54 Å². The largest absolute Gasteiger partial charge is 0.337 e. The fraction of sp³-hybridized carbons (Fsp3) is 0.231. The molecule has 2 rings (SSSR count). The molecule has 0 aliphatic carbocycles. The molecule has 0 radical (unpaired) electrons. The molecule has 0 bridgehead atoms. The van der Waals surface area contributed by atoms with E-state index in [4.69, 9.17) is 0 Å². The van der Waals surface area contributed by atoms with Crippen LogP contribution < -0.4 is 0 Å². The summed E-state index contributed by atoms with van der Waals surface area (Å²) in [6, 6.07) is 4.39. The normalized spacial score (nSPS) is 10.5. The summed E-state index contributed by atoms with van der Waals surface area (Å²) < 4.78 is 16.1. The van der Waals surface area contributed by atoms with Crippen LogP contribution in [0.5, 0.6) is 0 Å². The lowest BCUT2D eigenvalue weighted by Gasteiger charge is -2.17. The third kappa shape index (κ3) is 3.01. The number of hydrogen-bond acceptors (Lipinski definition) is 2. The summed E-state index contributed by atoms with van der Waals surface area (Å²) in [5.74, 6) is -0.160. The molecule has 2 aromatic rings. The van der Waals surface area contributed by atoms with Gasteiger partial charge in [-0.25, -0.2) is 9.37 Å². The molecule has 0 aliphatic rings. The lowest BCUT2D eigenvalue weighted by atomic mass is 10.2. The number of nitrogens with zero attached hydrogens (tertiary/aromatic N) is 3. The van der Waals surface area contributed by atoms with Crippen LogP contribution in [0.25, 0.3) is 0 Å². The van der Waals surface area contributed by atoms with E-state index in [1.54, 1.807) is 25.5 Å². The monoisotopic (exact) mass is 325 g/mol. The second-order valence-corrected chi connectivity index (χ2v) is 5.16. The standard InChI is InChI=1S/C13H13BrFN3O/c1-17-6-5-16-12(17)8-18(2)13(19)10-4-3-9(14)7-11(10)15/h3-7H,8H2,1-2H3. The van der Waals surface area contributed by atoms with Crippen LogP contribution in [0.4, 0.5) is 4.39 Å². The molecule has 100 valence electrons. The Bertz CT molecular complexity index is 612. The molecule has 0 atom stereocenters. The summed E-state index contributed by atoms with van der Waals surface area (Å²) in [4.78, 5) is 17.7. The van der Waals surface area contributed by atoms with Crippen LogP contribution in [0.1, 0.15) is 16.2 Å². The number of benzene rings is 1. The first-order chi connectivity index (χ1) is 8.99. The quantitative estimate of drug-likeness (QED) is 0.870. The highest BCUT2D eigenvalue weighted by Gasteiger charge is 2.17. The molecule has 0 N–H and O–H groups in total. The van der Waals surface area contributed by atoms with Gasteiger partial charge < -0.3 is 9.47 Å². The molecule has 1 aromatic heterocycles. The van der Waals surface area contributed by atoms with Gasteiger partial charge in [0.05, 0.1) is 12.1 Å². The Morgan fingerprint density at radius 3 is 2.84 bits per heavy atom. The Balaban J connectivity index is 2.17. The molecule has 0 saturated carbocycles. The number of aromatic nitrogens is 2. The first-order valence-corrected chi connectivity index (χ1v) is 6.45. The van der Waals surface area contributed by atoms with Crippen molar-refractivity contribution in [3.8, 4) is 0 Å². The summed E-state index contributed by atoms with van der Waals surface area (Å²) in [5, 5.41) is 0. The van der Waals surface area contributed by atoms with E-state index in [1.807, 2.05) is 11.6 Å². The highest BCUT2D eigenvalue weighted by Crippen LogP contribution is 2.17. The smallest absolute Gasteiger partial charge is 0.256 e. The molecular weight excluding hydrogens is 313 g/mol. The third-order valence-electron chi connectivity index (χ3n) is 2.81. The fourth-order valence-corrected chi connectivity index (χ4v) is 2.03. The molecule has 1 heterocycles. The van der Waals surface area contributed by atoms with Gasteiger partial charge in [0.25, 0.3) is 5.91 Å².